The van der Waals surface area contributed by atoms with Crippen molar-refractivity contribution in [2.75, 3.05) is 25.9 Å². The molecule has 6 nitrogen and oxygen atoms in total. The molecular weight excluding hydrogens is 338 g/mol. The summed E-state index contributed by atoms with van der Waals surface area (Å²) in [5.74, 6) is 1.44. The highest BCUT2D eigenvalue weighted by atomic mass is 35.5. The fourth-order valence-electron chi connectivity index (χ4n) is 5.29. The van der Waals surface area contributed by atoms with Gasteiger partial charge in [0, 0.05) is 24.5 Å². The van der Waals surface area contributed by atoms with E-state index in [0.717, 1.165) is 37.4 Å². The Morgan fingerprint density at radius 2 is 1.78 bits per heavy atom. The Labute approximate surface area is 143 Å². The molecule has 4 aliphatic rings. The van der Waals surface area contributed by atoms with E-state index in [4.69, 9.17) is 11.6 Å². The maximum Gasteiger partial charge on any atom is 0.314 e. The third-order valence-electron chi connectivity index (χ3n) is 5.51. The van der Waals surface area contributed by atoms with Crippen molar-refractivity contribution in [2.45, 2.75) is 43.4 Å². The summed E-state index contributed by atoms with van der Waals surface area (Å²) in [5, 5.41) is 5.66. The van der Waals surface area contributed by atoms with E-state index in [1.165, 1.54) is 19.3 Å². The monoisotopic (exact) mass is 363 g/mol. The molecule has 2 amide bonds. The lowest BCUT2D eigenvalue weighted by Gasteiger charge is -2.60. The van der Waals surface area contributed by atoms with Crippen molar-refractivity contribution in [1.29, 1.82) is 0 Å². The summed E-state index contributed by atoms with van der Waals surface area (Å²) < 4.78 is 24.2. The van der Waals surface area contributed by atoms with E-state index in [-0.39, 0.29) is 29.4 Å². The fraction of sp³-hybridized carbons (Fsp3) is 0.933. The first-order chi connectivity index (χ1) is 10.7. The van der Waals surface area contributed by atoms with E-state index in [9.17, 15) is 13.2 Å². The van der Waals surface area contributed by atoms with Gasteiger partial charge < -0.3 is 10.6 Å². The first-order valence-corrected chi connectivity index (χ1v) is 10.6. The lowest BCUT2D eigenvalue weighted by atomic mass is 9.49. The predicted octanol–water partition coefficient (Wildman–Crippen LogP) is 1.41. The van der Waals surface area contributed by atoms with Gasteiger partial charge in [0.2, 0.25) is 10.0 Å². The third-order valence-corrected chi connectivity index (χ3v) is 6.68. The molecule has 0 aromatic rings. The van der Waals surface area contributed by atoms with Crippen molar-refractivity contribution in [3.63, 3.8) is 0 Å². The maximum atomic E-state index is 11.9. The zero-order chi connectivity index (χ0) is 16.7. The van der Waals surface area contributed by atoms with Gasteiger partial charge in [-0.25, -0.2) is 17.9 Å². The molecule has 4 fully saturated rings. The van der Waals surface area contributed by atoms with Crippen LogP contribution in [0, 0.1) is 17.3 Å². The molecule has 8 heteroatoms. The second-order valence-electron chi connectivity index (χ2n) is 7.89. The second-order valence-corrected chi connectivity index (χ2v) is 10.5. The number of halogens is 1. The van der Waals surface area contributed by atoms with Crippen molar-refractivity contribution < 1.29 is 13.2 Å². The van der Waals surface area contributed by atoms with Gasteiger partial charge in [0.1, 0.15) is 0 Å². The van der Waals surface area contributed by atoms with Gasteiger partial charge in [-0.15, -0.1) is 11.6 Å². The number of nitrogens with one attached hydrogen (secondary N) is 3. The number of alkyl halides is 1. The summed E-state index contributed by atoms with van der Waals surface area (Å²) in [5.41, 5.74) is 0.161. The first kappa shape index (κ1) is 17.3. The number of amides is 2. The summed E-state index contributed by atoms with van der Waals surface area (Å²) in [7, 11) is -3.21. The lowest BCUT2D eigenvalue weighted by Crippen LogP contribution is -2.57. The van der Waals surface area contributed by atoms with Gasteiger partial charge in [-0.2, -0.15) is 0 Å². The minimum Gasteiger partial charge on any atom is -0.338 e. The number of carbonyl (C=O) groups excluding carboxylic acids is 1. The van der Waals surface area contributed by atoms with E-state index in [0.29, 0.717) is 6.54 Å². The van der Waals surface area contributed by atoms with Gasteiger partial charge in [0.15, 0.2) is 0 Å². The Hall–Kier alpha value is -0.530. The summed E-state index contributed by atoms with van der Waals surface area (Å²) in [6, 6.07) is -0.236. The van der Waals surface area contributed by atoms with Crippen molar-refractivity contribution in [2.24, 2.45) is 17.3 Å². The average Bonchev–Trinajstić information content (AvgIpc) is 2.38. The highest BCUT2D eigenvalue weighted by Gasteiger charge is 2.56. The molecule has 0 radical (unpaired) electrons. The maximum absolute atomic E-state index is 11.9. The molecule has 132 valence electrons. The highest BCUT2D eigenvalue weighted by molar-refractivity contribution is 7.88. The Kier molecular flexibility index (Phi) is 4.57. The largest absolute Gasteiger partial charge is 0.338 e. The van der Waals surface area contributed by atoms with Crippen molar-refractivity contribution >= 4 is 27.7 Å². The molecular formula is C15H26ClN3O3S. The predicted molar refractivity (Wildman–Crippen MR) is 89.9 cm³/mol. The number of carbonyl (C=O) groups is 1. The summed E-state index contributed by atoms with van der Waals surface area (Å²) in [6.07, 6.45) is 8.03. The molecule has 0 unspecified atom stereocenters. The van der Waals surface area contributed by atoms with Crippen molar-refractivity contribution in [3.05, 3.63) is 0 Å². The molecule has 23 heavy (non-hydrogen) atoms. The molecule has 0 saturated heterocycles. The molecule has 2 atom stereocenters. The van der Waals surface area contributed by atoms with Crippen molar-refractivity contribution in [1.82, 2.24) is 15.4 Å². The Morgan fingerprint density at radius 1 is 1.13 bits per heavy atom. The van der Waals surface area contributed by atoms with Gasteiger partial charge in [-0.05, 0) is 55.8 Å². The van der Waals surface area contributed by atoms with E-state index >= 15 is 0 Å². The molecule has 3 N–H and O–H groups in total. The van der Waals surface area contributed by atoms with Gasteiger partial charge >= 0.3 is 6.03 Å². The smallest absolute Gasteiger partial charge is 0.314 e. The van der Waals surface area contributed by atoms with Crippen LogP contribution in [0.15, 0.2) is 0 Å². The summed E-state index contributed by atoms with van der Waals surface area (Å²) in [6.45, 7) is 1.14. The Morgan fingerprint density at radius 3 is 2.35 bits per heavy atom. The Bertz CT molecular complexity index is 567. The highest BCUT2D eigenvalue weighted by Crippen LogP contribution is 2.63. The molecule has 0 heterocycles. The van der Waals surface area contributed by atoms with Crippen LogP contribution in [0.4, 0.5) is 4.79 Å². The molecule has 0 aromatic carbocycles. The van der Waals surface area contributed by atoms with Crippen LogP contribution in [0.3, 0.4) is 0 Å². The minimum atomic E-state index is -3.21. The lowest BCUT2D eigenvalue weighted by molar-refractivity contribution is -0.0373. The number of hydrogen-bond donors (Lipinski definition) is 3. The standard InChI is InChI=1S/C15H26ClN3O3S/c1-23(21,22)19-3-2-17-13(20)18-10-14-5-11-4-12(6-14)8-15(16,7-11)9-14/h11-12,19H,2-10H2,1H3,(H2,17,18,20)/t11-,12-,14?,15?/m1/s1. The van der Waals surface area contributed by atoms with Crippen LogP contribution in [0.2, 0.25) is 0 Å². The van der Waals surface area contributed by atoms with E-state index in [1.54, 1.807) is 0 Å². The topological polar surface area (TPSA) is 87.3 Å². The van der Waals surface area contributed by atoms with Crippen LogP contribution in [0.5, 0.6) is 0 Å². The minimum absolute atomic E-state index is 0.0400. The summed E-state index contributed by atoms with van der Waals surface area (Å²) in [4.78, 5) is 11.9. The zero-order valence-corrected chi connectivity index (χ0v) is 15.1. The van der Waals surface area contributed by atoms with Crippen LogP contribution in [0.1, 0.15) is 38.5 Å². The second kappa shape index (κ2) is 6.08. The van der Waals surface area contributed by atoms with Crippen LogP contribution in [-0.2, 0) is 10.0 Å². The SMILES string of the molecule is CS(=O)(=O)NCCNC(=O)NCC12C[C@H]3C[C@@H](CC(Cl)(C3)C1)C2. The molecule has 4 bridgehead atoms. The number of hydrogen-bond acceptors (Lipinski definition) is 3. The zero-order valence-electron chi connectivity index (χ0n) is 13.5. The van der Waals surface area contributed by atoms with Gasteiger partial charge in [0.25, 0.3) is 0 Å². The van der Waals surface area contributed by atoms with E-state index in [2.05, 4.69) is 15.4 Å². The molecule has 4 rings (SSSR count). The van der Waals surface area contributed by atoms with E-state index < -0.39 is 10.0 Å². The van der Waals surface area contributed by atoms with Crippen LogP contribution >= 0.6 is 11.6 Å². The average molecular weight is 364 g/mol. The van der Waals surface area contributed by atoms with E-state index in [1.807, 2.05) is 0 Å². The number of sulfonamides is 1. The molecule has 0 aliphatic heterocycles. The Balaban J connectivity index is 1.44. The van der Waals surface area contributed by atoms with Crippen LogP contribution in [-0.4, -0.2) is 45.2 Å². The normalized spacial score (nSPS) is 38.5. The summed E-state index contributed by atoms with van der Waals surface area (Å²) >= 11 is 6.79. The molecule has 4 saturated carbocycles. The van der Waals surface area contributed by atoms with Crippen LogP contribution < -0.4 is 15.4 Å². The van der Waals surface area contributed by atoms with Gasteiger partial charge in [0.05, 0.1) is 6.26 Å². The van der Waals surface area contributed by atoms with Gasteiger partial charge in [-0.3, -0.25) is 0 Å². The molecule has 0 spiro atoms. The van der Waals surface area contributed by atoms with Crippen LogP contribution in [0.25, 0.3) is 0 Å². The first-order valence-electron chi connectivity index (χ1n) is 8.32. The number of urea groups is 1. The number of rotatable bonds is 6. The fourth-order valence-corrected chi connectivity index (χ4v) is 6.48. The molecule has 0 aromatic heterocycles. The third kappa shape index (κ3) is 4.31. The molecule has 4 aliphatic carbocycles. The van der Waals surface area contributed by atoms with Crippen molar-refractivity contribution in [3.8, 4) is 0 Å². The van der Waals surface area contributed by atoms with Gasteiger partial charge in [-0.1, -0.05) is 0 Å². The quantitative estimate of drug-likeness (QED) is 0.492.